The van der Waals surface area contributed by atoms with Crippen LogP contribution >= 0.6 is 34.8 Å². The quantitative estimate of drug-likeness (QED) is 0.775. The van der Waals surface area contributed by atoms with Crippen molar-refractivity contribution in [2.75, 3.05) is 0 Å². The van der Waals surface area contributed by atoms with Gasteiger partial charge in [0, 0.05) is 7.05 Å². The average molecular weight is 356 g/mol. The maximum atomic E-state index is 12.3. The summed E-state index contributed by atoms with van der Waals surface area (Å²) < 4.78 is 30.0. The summed E-state index contributed by atoms with van der Waals surface area (Å²) in [4.78, 5) is 11.1. The average Bonchev–Trinajstić information content (AvgIpc) is 2.69. The van der Waals surface area contributed by atoms with Crippen LogP contribution in [-0.2, 0) is 11.8 Å². The minimum Gasteiger partial charge on any atom is -0.416 e. The van der Waals surface area contributed by atoms with Gasteiger partial charge in [0.2, 0.25) is 5.88 Å². The lowest BCUT2D eigenvalue weighted by Gasteiger charge is -2.16. The lowest BCUT2D eigenvalue weighted by Crippen LogP contribution is -2.07. The number of aromatic nitrogens is 2. The Balaban J connectivity index is 2.49. The number of hydrogen-bond acceptors (Lipinski definition) is 3. The predicted octanol–water partition coefficient (Wildman–Crippen LogP) is 3.78. The van der Waals surface area contributed by atoms with Crippen LogP contribution in [-0.4, -0.2) is 22.3 Å². The molecule has 0 aliphatic heterocycles. The Morgan fingerprint density at radius 3 is 2.67 bits per heavy atom. The highest BCUT2D eigenvalue weighted by Crippen LogP contribution is 2.42. The third kappa shape index (κ3) is 2.99. The molecule has 4 nitrogen and oxygen atoms in total. The summed E-state index contributed by atoms with van der Waals surface area (Å²) in [5.41, 5.74) is 0.166. The second-order valence-electron chi connectivity index (χ2n) is 4.02. The van der Waals surface area contributed by atoms with E-state index in [0.29, 0.717) is 0 Å². The third-order valence-electron chi connectivity index (χ3n) is 2.76. The van der Waals surface area contributed by atoms with Gasteiger partial charge in [-0.1, -0.05) is 40.9 Å². The van der Waals surface area contributed by atoms with E-state index in [9.17, 15) is 13.6 Å². The summed E-state index contributed by atoms with van der Waals surface area (Å²) in [7, 11) is 1.38. The fraction of sp³-hybridized carbons (Fsp3) is 0.250. The van der Waals surface area contributed by atoms with Crippen LogP contribution in [0.2, 0.25) is 5.02 Å². The maximum Gasteiger partial charge on any atom is 0.388 e. The van der Waals surface area contributed by atoms with E-state index in [4.69, 9.17) is 34.8 Å². The van der Waals surface area contributed by atoms with Crippen molar-refractivity contribution in [2.45, 2.75) is 12.5 Å². The van der Waals surface area contributed by atoms with Crippen LogP contribution in [0.5, 0.6) is 5.88 Å². The monoisotopic (exact) mass is 354 g/mol. The molecule has 9 heteroatoms. The summed E-state index contributed by atoms with van der Waals surface area (Å²) in [6, 6.07) is 0. The van der Waals surface area contributed by atoms with E-state index in [1.165, 1.54) is 19.2 Å². The van der Waals surface area contributed by atoms with E-state index in [1.807, 2.05) is 0 Å². The highest BCUT2D eigenvalue weighted by molar-refractivity contribution is 6.42. The Morgan fingerprint density at radius 2 is 2.10 bits per heavy atom. The number of ether oxygens (including phenoxy) is 1. The Kier molecular flexibility index (Phi) is 4.74. The maximum absolute atomic E-state index is 12.3. The van der Waals surface area contributed by atoms with Gasteiger partial charge in [0.05, 0.1) is 27.2 Å². The minimum atomic E-state index is -3.05. The van der Waals surface area contributed by atoms with Gasteiger partial charge in [-0.3, -0.25) is 0 Å². The second-order valence-corrected chi connectivity index (χ2v) is 5.18. The Morgan fingerprint density at radius 1 is 1.43 bits per heavy atom. The molecule has 1 aromatic heterocycles. The number of allylic oxidation sites excluding steroid dienone is 5. The first-order valence-corrected chi connectivity index (χ1v) is 6.66. The van der Waals surface area contributed by atoms with Crippen molar-refractivity contribution in [2.24, 2.45) is 7.05 Å². The molecule has 21 heavy (non-hydrogen) atoms. The molecule has 0 aromatic carbocycles. The summed E-state index contributed by atoms with van der Waals surface area (Å²) in [5.74, 6) is 0.621. The number of carbonyl (C=O) groups excluding carboxylic acids is 1. The smallest absolute Gasteiger partial charge is 0.388 e. The number of nitrogens with zero attached hydrogens (tertiary/aromatic N) is 2. The number of aryl methyl sites for hydroxylation is 1. The lowest BCUT2D eigenvalue weighted by molar-refractivity contribution is -0.0552. The van der Waals surface area contributed by atoms with Crippen LogP contribution in [0.15, 0.2) is 27.8 Å². The van der Waals surface area contributed by atoms with Crippen molar-refractivity contribution in [1.82, 2.24) is 9.78 Å². The van der Waals surface area contributed by atoms with Crippen molar-refractivity contribution >= 4 is 40.7 Å². The molecule has 1 aromatic rings. The molecule has 0 saturated heterocycles. The van der Waals surface area contributed by atoms with E-state index in [2.05, 4.69) is 9.84 Å². The van der Waals surface area contributed by atoms with E-state index in [-0.39, 0.29) is 32.2 Å². The van der Waals surface area contributed by atoms with Crippen LogP contribution in [0.4, 0.5) is 8.78 Å². The van der Waals surface area contributed by atoms with Gasteiger partial charge in [0.25, 0.3) is 0 Å². The molecular formula is C12H7Cl3F2N2O2. The van der Waals surface area contributed by atoms with Crippen LogP contribution < -0.4 is 4.74 Å². The summed E-state index contributed by atoms with van der Waals surface area (Å²) >= 11 is 17.7. The standard InChI is InChI=1S/C12H7Cl3F2N2O2/c1-19-11(21-12(16)17)9(15)10(18-19)5-2-3-7(13)8(14)6(5)4-20/h2-3,5,12H,1H3. The molecule has 112 valence electrons. The number of hydrogen-bond donors (Lipinski definition) is 0. The van der Waals surface area contributed by atoms with E-state index >= 15 is 0 Å². The zero-order valence-corrected chi connectivity index (χ0v) is 12.7. The molecule has 0 fully saturated rings. The predicted molar refractivity (Wildman–Crippen MR) is 74.7 cm³/mol. The highest BCUT2D eigenvalue weighted by Gasteiger charge is 2.30. The molecule has 0 radical (unpaired) electrons. The van der Waals surface area contributed by atoms with Crippen molar-refractivity contribution in [3.8, 4) is 5.88 Å². The zero-order valence-electron chi connectivity index (χ0n) is 10.4. The van der Waals surface area contributed by atoms with Gasteiger partial charge in [-0.05, 0) is 6.08 Å². The first-order chi connectivity index (χ1) is 9.86. The van der Waals surface area contributed by atoms with Gasteiger partial charge >= 0.3 is 6.61 Å². The lowest BCUT2D eigenvalue weighted by atomic mass is 9.92. The fourth-order valence-corrected chi connectivity index (χ4v) is 2.58. The normalized spacial score (nSPS) is 18.4. The number of rotatable bonds is 3. The third-order valence-corrected chi connectivity index (χ3v) is 3.94. The van der Waals surface area contributed by atoms with Crippen molar-refractivity contribution in [1.29, 1.82) is 0 Å². The second kappa shape index (κ2) is 6.20. The molecular weight excluding hydrogens is 348 g/mol. The number of halogens is 5. The van der Waals surface area contributed by atoms with Gasteiger partial charge in [-0.25, -0.2) is 9.48 Å². The molecule has 1 atom stereocenters. The summed E-state index contributed by atoms with van der Waals surface area (Å²) in [5, 5.41) is 4.04. The van der Waals surface area contributed by atoms with Crippen LogP contribution in [0.25, 0.3) is 0 Å². The molecule has 1 unspecified atom stereocenters. The van der Waals surface area contributed by atoms with E-state index < -0.39 is 12.5 Å². The summed E-state index contributed by atoms with van der Waals surface area (Å²) in [6.45, 7) is -3.05. The van der Waals surface area contributed by atoms with Gasteiger partial charge < -0.3 is 4.74 Å². The van der Waals surface area contributed by atoms with Crippen molar-refractivity contribution < 1.29 is 18.3 Å². The molecule has 0 bridgehead atoms. The molecule has 1 aliphatic rings. The Labute approximate surface area is 133 Å². The molecule has 0 spiro atoms. The molecule has 0 amide bonds. The first kappa shape index (κ1) is 16.0. The van der Waals surface area contributed by atoms with Crippen LogP contribution in [0, 0.1) is 0 Å². The molecule has 0 N–H and O–H groups in total. The highest BCUT2D eigenvalue weighted by atomic mass is 35.5. The Bertz CT molecular complexity index is 691. The number of alkyl halides is 2. The van der Waals surface area contributed by atoms with Gasteiger partial charge in [-0.15, -0.1) is 0 Å². The summed E-state index contributed by atoms with van der Waals surface area (Å²) in [6.07, 6.45) is 2.99. The van der Waals surface area contributed by atoms with E-state index in [0.717, 1.165) is 4.68 Å². The molecule has 2 rings (SSSR count). The Hall–Kier alpha value is -1.33. The largest absolute Gasteiger partial charge is 0.416 e. The topological polar surface area (TPSA) is 44.1 Å². The van der Waals surface area contributed by atoms with Gasteiger partial charge in [-0.2, -0.15) is 13.9 Å². The molecule has 0 saturated carbocycles. The van der Waals surface area contributed by atoms with Gasteiger partial charge in [0.15, 0.2) is 0 Å². The van der Waals surface area contributed by atoms with Crippen LogP contribution in [0.1, 0.15) is 11.6 Å². The minimum absolute atomic E-state index is 0.0113. The molecule has 1 heterocycles. The van der Waals surface area contributed by atoms with Crippen LogP contribution in [0.3, 0.4) is 0 Å². The van der Waals surface area contributed by atoms with Crippen molar-refractivity contribution in [3.63, 3.8) is 0 Å². The first-order valence-electron chi connectivity index (χ1n) is 5.52. The SMILES string of the molecule is Cn1nc(C2C=CC(Cl)=C(Cl)C2=C=O)c(Cl)c1OC(F)F. The zero-order chi connectivity index (χ0) is 15.7. The van der Waals surface area contributed by atoms with Crippen molar-refractivity contribution in [3.05, 3.63) is 38.5 Å². The molecule has 1 aliphatic carbocycles. The van der Waals surface area contributed by atoms with Gasteiger partial charge in [0.1, 0.15) is 11.0 Å². The van der Waals surface area contributed by atoms with E-state index in [1.54, 1.807) is 5.94 Å². The fourth-order valence-electron chi connectivity index (χ4n) is 1.87.